The van der Waals surface area contributed by atoms with Crippen LogP contribution in [0.4, 0.5) is 0 Å². The summed E-state index contributed by atoms with van der Waals surface area (Å²) in [4.78, 5) is 0. The van der Waals surface area contributed by atoms with Gasteiger partial charge < -0.3 is 9.47 Å². The maximum Gasteiger partial charge on any atom is 0.119 e. The van der Waals surface area contributed by atoms with Crippen molar-refractivity contribution in [1.29, 1.82) is 0 Å². The smallest absolute Gasteiger partial charge is 0.119 e. The SMILES string of the molecule is COCC(Cl)CCCOc1ccc(Br)cc1. The lowest BCUT2D eigenvalue weighted by Gasteiger charge is -2.09. The number of rotatable bonds is 7. The molecule has 4 heteroatoms. The Kier molecular flexibility index (Phi) is 6.85. The van der Waals surface area contributed by atoms with E-state index in [0.717, 1.165) is 23.1 Å². The summed E-state index contributed by atoms with van der Waals surface area (Å²) in [5, 5.41) is 0.0820. The first-order chi connectivity index (χ1) is 7.72. The molecule has 0 aliphatic heterocycles. The quantitative estimate of drug-likeness (QED) is 0.562. The zero-order chi connectivity index (χ0) is 11.8. The number of benzene rings is 1. The largest absolute Gasteiger partial charge is 0.494 e. The molecule has 0 aliphatic carbocycles. The van der Waals surface area contributed by atoms with Crippen LogP contribution in [-0.4, -0.2) is 25.7 Å². The molecule has 0 aromatic heterocycles. The molecule has 16 heavy (non-hydrogen) atoms. The zero-order valence-corrected chi connectivity index (χ0v) is 11.6. The van der Waals surface area contributed by atoms with E-state index in [1.807, 2.05) is 24.3 Å². The van der Waals surface area contributed by atoms with Crippen molar-refractivity contribution in [2.45, 2.75) is 18.2 Å². The highest BCUT2D eigenvalue weighted by Gasteiger charge is 2.03. The predicted molar refractivity (Wildman–Crippen MR) is 70.4 cm³/mol. The zero-order valence-electron chi connectivity index (χ0n) is 9.29. The van der Waals surface area contributed by atoms with Crippen LogP contribution in [0, 0.1) is 0 Å². The van der Waals surface area contributed by atoms with E-state index in [4.69, 9.17) is 21.1 Å². The molecule has 0 saturated heterocycles. The van der Waals surface area contributed by atoms with Gasteiger partial charge in [0.15, 0.2) is 0 Å². The number of ether oxygens (including phenoxy) is 2. The molecule has 0 spiro atoms. The van der Waals surface area contributed by atoms with Crippen molar-refractivity contribution in [2.75, 3.05) is 20.3 Å². The van der Waals surface area contributed by atoms with E-state index < -0.39 is 0 Å². The molecule has 1 aromatic carbocycles. The lowest BCUT2D eigenvalue weighted by Crippen LogP contribution is -2.09. The number of methoxy groups -OCH3 is 1. The van der Waals surface area contributed by atoms with Crippen LogP contribution in [0.1, 0.15) is 12.8 Å². The molecule has 0 N–H and O–H groups in total. The normalized spacial score (nSPS) is 12.4. The second kappa shape index (κ2) is 7.93. The molecule has 0 amide bonds. The van der Waals surface area contributed by atoms with Gasteiger partial charge in [-0.2, -0.15) is 0 Å². The minimum atomic E-state index is 0.0820. The molecule has 2 nitrogen and oxygen atoms in total. The van der Waals surface area contributed by atoms with Gasteiger partial charge in [0.2, 0.25) is 0 Å². The van der Waals surface area contributed by atoms with Crippen LogP contribution in [0.2, 0.25) is 0 Å². The van der Waals surface area contributed by atoms with Crippen molar-refractivity contribution in [2.24, 2.45) is 0 Å². The van der Waals surface area contributed by atoms with Gasteiger partial charge in [0.25, 0.3) is 0 Å². The van der Waals surface area contributed by atoms with E-state index in [1.165, 1.54) is 0 Å². The second-order valence-electron chi connectivity index (χ2n) is 3.50. The molecule has 0 heterocycles. The van der Waals surface area contributed by atoms with Crippen molar-refractivity contribution in [3.63, 3.8) is 0 Å². The fraction of sp³-hybridized carbons (Fsp3) is 0.500. The van der Waals surface area contributed by atoms with Crippen molar-refractivity contribution in [1.82, 2.24) is 0 Å². The first-order valence-corrected chi connectivity index (χ1v) is 6.46. The molecular formula is C12H16BrClO2. The van der Waals surface area contributed by atoms with Gasteiger partial charge in [-0.25, -0.2) is 0 Å². The highest BCUT2D eigenvalue weighted by Crippen LogP contribution is 2.16. The molecular weight excluding hydrogens is 291 g/mol. The summed E-state index contributed by atoms with van der Waals surface area (Å²) < 4.78 is 11.6. The van der Waals surface area contributed by atoms with Gasteiger partial charge in [0.1, 0.15) is 5.75 Å². The average molecular weight is 308 g/mol. The topological polar surface area (TPSA) is 18.5 Å². The lowest BCUT2D eigenvalue weighted by molar-refractivity contribution is 0.192. The second-order valence-corrected chi connectivity index (χ2v) is 5.03. The molecule has 0 radical (unpaired) electrons. The van der Waals surface area contributed by atoms with Crippen LogP contribution in [-0.2, 0) is 4.74 Å². The van der Waals surface area contributed by atoms with Crippen molar-refractivity contribution < 1.29 is 9.47 Å². The van der Waals surface area contributed by atoms with Crippen LogP contribution in [0.3, 0.4) is 0 Å². The Balaban J connectivity index is 2.13. The summed E-state index contributed by atoms with van der Waals surface area (Å²) in [7, 11) is 1.66. The van der Waals surface area contributed by atoms with E-state index >= 15 is 0 Å². The van der Waals surface area contributed by atoms with Gasteiger partial charge in [0.05, 0.1) is 18.6 Å². The molecule has 0 saturated carbocycles. The summed E-state index contributed by atoms with van der Waals surface area (Å²) in [5.41, 5.74) is 0. The van der Waals surface area contributed by atoms with Gasteiger partial charge in [-0.05, 0) is 37.1 Å². The highest BCUT2D eigenvalue weighted by atomic mass is 79.9. The first kappa shape index (κ1) is 13.8. The molecule has 0 fully saturated rings. The van der Waals surface area contributed by atoms with Gasteiger partial charge in [-0.3, -0.25) is 0 Å². The van der Waals surface area contributed by atoms with E-state index in [9.17, 15) is 0 Å². The van der Waals surface area contributed by atoms with Crippen LogP contribution >= 0.6 is 27.5 Å². The Hall–Kier alpha value is -0.250. The van der Waals surface area contributed by atoms with Crippen molar-refractivity contribution >= 4 is 27.5 Å². The van der Waals surface area contributed by atoms with Crippen molar-refractivity contribution in [3.05, 3.63) is 28.7 Å². The van der Waals surface area contributed by atoms with Crippen LogP contribution in [0.5, 0.6) is 5.75 Å². The monoisotopic (exact) mass is 306 g/mol. The summed E-state index contributed by atoms with van der Waals surface area (Å²) in [6, 6.07) is 7.81. The Morgan fingerprint density at radius 3 is 2.62 bits per heavy atom. The Bertz CT molecular complexity index is 290. The number of hydrogen-bond donors (Lipinski definition) is 0. The number of halogens is 2. The molecule has 1 rings (SSSR count). The predicted octanol–water partition coefficient (Wildman–Crippen LogP) is 3.86. The average Bonchev–Trinajstić information content (AvgIpc) is 2.27. The summed E-state index contributed by atoms with van der Waals surface area (Å²) in [6.45, 7) is 1.29. The summed E-state index contributed by atoms with van der Waals surface area (Å²) >= 11 is 9.37. The van der Waals surface area contributed by atoms with Crippen LogP contribution in [0.25, 0.3) is 0 Å². The lowest BCUT2D eigenvalue weighted by atomic mass is 10.2. The molecule has 1 unspecified atom stereocenters. The third kappa shape index (κ3) is 5.73. The fourth-order valence-corrected chi connectivity index (χ4v) is 1.83. The van der Waals surface area contributed by atoms with Gasteiger partial charge in [-0.1, -0.05) is 15.9 Å². The molecule has 90 valence electrons. The highest BCUT2D eigenvalue weighted by molar-refractivity contribution is 9.10. The molecule has 1 atom stereocenters. The van der Waals surface area contributed by atoms with Gasteiger partial charge in [0, 0.05) is 11.6 Å². The molecule has 1 aromatic rings. The van der Waals surface area contributed by atoms with Gasteiger partial charge >= 0.3 is 0 Å². The standard InChI is InChI=1S/C12H16BrClO2/c1-15-9-11(14)3-2-8-16-12-6-4-10(13)5-7-12/h4-7,11H,2-3,8-9H2,1H3. The number of hydrogen-bond acceptors (Lipinski definition) is 2. The minimum Gasteiger partial charge on any atom is -0.494 e. The third-order valence-electron chi connectivity index (χ3n) is 2.09. The van der Waals surface area contributed by atoms with Crippen LogP contribution < -0.4 is 4.74 Å². The number of alkyl halides is 1. The van der Waals surface area contributed by atoms with E-state index in [1.54, 1.807) is 7.11 Å². The fourth-order valence-electron chi connectivity index (χ4n) is 1.29. The van der Waals surface area contributed by atoms with E-state index in [0.29, 0.717) is 13.2 Å². The third-order valence-corrected chi connectivity index (χ3v) is 2.96. The maximum absolute atomic E-state index is 6.00. The minimum absolute atomic E-state index is 0.0820. The first-order valence-electron chi connectivity index (χ1n) is 5.23. The van der Waals surface area contributed by atoms with Crippen LogP contribution in [0.15, 0.2) is 28.7 Å². The Morgan fingerprint density at radius 2 is 2.00 bits per heavy atom. The maximum atomic E-state index is 6.00. The molecule has 0 bridgehead atoms. The van der Waals surface area contributed by atoms with E-state index in [2.05, 4.69) is 15.9 Å². The summed E-state index contributed by atoms with van der Waals surface area (Å²) in [5.74, 6) is 0.890. The van der Waals surface area contributed by atoms with E-state index in [-0.39, 0.29) is 5.38 Å². The molecule has 0 aliphatic rings. The summed E-state index contributed by atoms with van der Waals surface area (Å²) in [6.07, 6.45) is 1.85. The van der Waals surface area contributed by atoms with Gasteiger partial charge in [-0.15, -0.1) is 11.6 Å². The Labute approximate surface area is 110 Å². The Morgan fingerprint density at radius 1 is 1.31 bits per heavy atom. The van der Waals surface area contributed by atoms with Crippen molar-refractivity contribution in [3.8, 4) is 5.75 Å².